The summed E-state index contributed by atoms with van der Waals surface area (Å²) < 4.78 is 0. The molecule has 0 spiro atoms. The molecule has 0 heteroatoms. The van der Waals surface area contributed by atoms with Crippen LogP contribution in [-0.4, -0.2) is 0 Å². The van der Waals surface area contributed by atoms with E-state index in [-0.39, 0.29) is 0 Å². The minimum absolute atomic E-state index is 0.539. The summed E-state index contributed by atoms with van der Waals surface area (Å²) in [7, 11) is 0. The van der Waals surface area contributed by atoms with Gasteiger partial charge in [0.15, 0.2) is 0 Å². The van der Waals surface area contributed by atoms with Crippen molar-refractivity contribution in [2.45, 2.75) is 79.6 Å². The van der Waals surface area contributed by atoms with E-state index in [1.165, 1.54) is 44.9 Å². The molecule has 0 aliphatic heterocycles. The minimum atomic E-state index is 0.539. The van der Waals surface area contributed by atoms with Gasteiger partial charge in [-0.25, -0.2) is 0 Å². The maximum Gasteiger partial charge on any atom is -0.0107 e. The molecule has 3 unspecified atom stereocenters. The lowest BCUT2D eigenvalue weighted by molar-refractivity contribution is 0.0987. The van der Waals surface area contributed by atoms with Gasteiger partial charge in [0.05, 0.1) is 0 Å². The Hall–Kier alpha value is -0.520. The molecule has 0 bridgehead atoms. The van der Waals surface area contributed by atoms with Gasteiger partial charge in [0, 0.05) is 0 Å². The van der Waals surface area contributed by atoms with E-state index in [1.54, 1.807) is 5.57 Å². The van der Waals surface area contributed by atoms with Crippen LogP contribution in [-0.2, 0) is 0 Å². The van der Waals surface area contributed by atoms with E-state index in [4.69, 9.17) is 0 Å². The van der Waals surface area contributed by atoms with Crippen molar-refractivity contribution in [2.75, 3.05) is 0 Å². The molecule has 3 rings (SSSR count). The van der Waals surface area contributed by atoms with Crippen molar-refractivity contribution in [2.24, 2.45) is 22.7 Å². The zero-order chi connectivity index (χ0) is 14.5. The van der Waals surface area contributed by atoms with Crippen LogP contribution in [0.15, 0.2) is 22.8 Å². The van der Waals surface area contributed by atoms with Crippen molar-refractivity contribution in [1.82, 2.24) is 0 Å². The minimum Gasteiger partial charge on any atom is -0.0850 e. The molecule has 0 heterocycles. The Morgan fingerprint density at radius 3 is 2.55 bits per heavy atom. The fourth-order valence-corrected chi connectivity index (χ4v) is 5.27. The summed E-state index contributed by atoms with van der Waals surface area (Å²) in [5.41, 5.74) is 6.47. The predicted molar refractivity (Wildman–Crippen MR) is 87.6 cm³/mol. The van der Waals surface area contributed by atoms with Gasteiger partial charge < -0.3 is 0 Å². The van der Waals surface area contributed by atoms with E-state index in [0.717, 1.165) is 11.8 Å². The third-order valence-corrected chi connectivity index (χ3v) is 6.82. The molecule has 0 aromatic rings. The Labute approximate surface area is 125 Å². The standard InChI is InChI=1S/C20H32/c1-14(2)16-9-11-20(5)13-12-19(4)10-8-15(3)6-7-17(19)18(16)20/h8,14,17H,6-7,9-13H2,1-5H3. The fraction of sp³-hybridized carbons (Fsp3) is 0.800. The molecule has 3 atom stereocenters. The lowest BCUT2D eigenvalue weighted by Gasteiger charge is -2.50. The van der Waals surface area contributed by atoms with Crippen molar-refractivity contribution >= 4 is 0 Å². The molecular formula is C20H32. The Bertz CT molecular complexity index is 464. The van der Waals surface area contributed by atoms with Gasteiger partial charge in [-0.05, 0) is 74.5 Å². The molecule has 0 aromatic heterocycles. The molecule has 3 aliphatic rings. The average Bonchev–Trinajstić information content (AvgIpc) is 2.66. The van der Waals surface area contributed by atoms with E-state index >= 15 is 0 Å². The second-order valence-corrected chi connectivity index (χ2v) is 8.65. The number of hydrogen-bond acceptors (Lipinski definition) is 0. The van der Waals surface area contributed by atoms with Crippen molar-refractivity contribution in [1.29, 1.82) is 0 Å². The molecule has 20 heavy (non-hydrogen) atoms. The molecule has 0 amide bonds. The first-order chi connectivity index (χ1) is 9.36. The molecule has 1 fully saturated rings. The van der Waals surface area contributed by atoms with Gasteiger partial charge in [-0.3, -0.25) is 0 Å². The first kappa shape index (κ1) is 14.4. The van der Waals surface area contributed by atoms with E-state index < -0.39 is 0 Å². The zero-order valence-corrected chi connectivity index (χ0v) is 14.2. The van der Waals surface area contributed by atoms with Crippen LogP contribution < -0.4 is 0 Å². The van der Waals surface area contributed by atoms with Gasteiger partial charge in [0.1, 0.15) is 0 Å². The highest BCUT2D eigenvalue weighted by atomic mass is 14.6. The van der Waals surface area contributed by atoms with Crippen LogP contribution in [0.2, 0.25) is 0 Å². The fourth-order valence-electron chi connectivity index (χ4n) is 5.27. The summed E-state index contributed by atoms with van der Waals surface area (Å²) in [6, 6.07) is 0. The summed E-state index contributed by atoms with van der Waals surface area (Å²) in [5, 5.41) is 0. The average molecular weight is 272 g/mol. The summed E-state index contributed by atoms with van der Waals surface area (Å²) >= 11 is 0. The van der Waals surface area contributed by atoms with Crippen molar-refractivity contribution in [3.63, 3.8) is 0 Å². The maximum absolute atomic E-state index is 2.58. The van der Waals surface area contributed by atoms with Gasteiger partial charge in [-0.2, -0.15) is 0 Å². The van der Waals surface area contributed by atoms with Crippen LogP contribution in [0.4, 0.5) is 0 Å². The second kappa shape index (κ2) is 4.75. The van der Waals surface area contributed by atoms with Crippen LogP contribution in [0, 0.1) is 22.7 Å². The van der Waals surface area contributed by atoms with E-state index in [0.29, 0.717) is 10.8 Å². The predicted octanol–water partition coefficient (Wildman–Crippen LogP) is 6.29. The molecule has 0 saturated heterocycles. The lowest BCUT2D eigenvalue weighted by Crippen LogP contribution is -2.39. The van der Waals surface area contributed by atoms with E-state index in [2.05, 4.69) is 40.7 Å². The summed E-state index contributed by atoms with van der Waals surface area (Å²) in [5.74, 6) is 1.61. The first-order valence-corrected chi connectivity index (χ1v) is 8.75. The highest BCUT2D eigenvalue weighted by Crippen LogP contribution is 2.62. The van der Waals surface area contributed by atoms with E-state index in [9.17, 15) is 0 Å². The SMILES string of the molecule is CC1=CCC2(C)CCC3(C)CCC(C(C)C)=C3C2CC1. The zero-order valence-electron chi connectivity index (χ0n) is 14.2. The Kier molecular flexibility index (Phi) is 3.42. The smallest absolute Gasteiger partial charge is 0.0107 e. The van der Waals surface area contributed by atoms with Gasteiger partial charge in [0.2, 0.25) is 0 Å². The van der Waals surface area contributed by atoms with Gasteiger partial charge in [-0.15, -0.1) is 0 Å². The van der Waals surface area contributed by atoms with Crippen LogP contribution in [0.3, 0.4) is 0 Å². The molecule has 0 nitrogen and oxygen atoms in total. The molecule has 3 aliphatic carbocycles. The first-order valence-electron chi connectivity index (χ1n) is 8.75. The molecule has 1 saturated carbocycles. The third-order valence-electron chi connectivity index (χ3n) is 6.82. The van der Waals surface area contributed by atoms with Gasteiger partial charge in [0.25, 0.3) is 0 Å². The maximum atomic E-state index is 2.58. The van der Waals surface area contributed by atoms with Crippen molar-refractivity contribution < 1.29 is 0 Å². The molecule has 0 N–H and O–H groups in total. The lowest BCUT2D eigenvalue weighted by atomic mass is 9.55. The largest absolute Gasteiger partial charge is 0.0850 e. The molecule has 0 radical (unpaired) electrons. The quantitative estimate of drug-likeness (QED) is 0.492. The normalized spacial score (nSPS) is 41.3. The van der Waals surface area contributed by atoms with Crippen LogP contribution >= 0.6 is 0 Å². The second-order valence-electron chi connectivity index (χ2n) is 8.65. The summed E-state index contributed by atoms with van der Waals surface area (Å²) in [4.78, 5) is 0. The Morgan fingerprint density at radius 1 is 1.10 bits per heavy atom. The summed E-state index contributed by atoms with van der Waals surface area (Å²) in [6.45, 7) is 12.3. The van der Waals surface area contributed by atoms with Gasteiger partial charge in [-0.1, -0.05) is 50.5 Å². The number of allylic oxidation sites excluding steroid dienone is 4. The molecule has 112 valence electrons. The van der Waals surface area contributed by atoms with Crippen LogP contribution in [0.5, 0.6) is 0 Å². The topological polar surface area (TPSA) is 0 Å². The third kappa shape index (κ3) is 2.11. The highest BCUT2D eigenvalue weighted by Gasteiger charge is 2.51. The molecular weight excluding hydrogens is 240 g/mol. The Balaban J connectivity index is 2.05. The monoisotopic (exact) mass is 272 g/mol. The van der Waals surface area contributed by atoms with E-state index in [1.807, 2.05) is 11.1 Å². The number of rotatable bonds is 1. The van der Waals surface area contributed by atoms with Gasteiger partial charge >= 0.3 is 0 Å². The summed E-state index contributed by atoms with van der Waals surface area (Å²) in [6.07, 6.45) is 12.3. The van der Waals surface area contributed by atoms with Crippen molar-refractivity contribution in [3.8, 4) is 0 Å². The number of hydrogen-bond donors (Lipinski definition) is 0. The van der Waals surface area contributed by atoms with Crippen LogP contribution in [0.1, 0.15) is 79.6 Å². The molecule has 0 aromatic carbocycles. The van der Waals surface area contributed by atoms with Crippen molar-refractivity contribution in [3.05, 3.63) is 22.8 Å². The Morgan fingerprint density at radius 2 is 1.85 bits per heavy atom. The highest BCUT2D eigenvalue weighted by molar-refractivity contribution is 5.35. The number of fused-ring (bicyclic) bond motifs is 3. The van der Waals surface area contributed by atoms with Crippen LogP contribution in [0.25, 0.3) is 0 Å².